The Labute approximate surface area is 60.2 Å². The summed E-state index contributed by atoms with van der Waals surface area (Å²) in [5.74, 6) is 0. The summed E-state index contributed by atoms with van der Waals surface area (Å²) in [5.41, 5.74) is 1.47. The molecule has 0 N–H and O–H groups in total. The molecule has 0 spiro atoms. The largest absolute Gasteiger partial charge is 0.0596 e. The van der Waals surface area contributed by atoms with Crippen LogP contribution >= 0.6 is 31.9 Å². The third-order valence-electron chi connectivity index (χ3n) is 1.05. The van der Waals surface area contributed by atoms with Crippen molar-refractivity contribution in [2.75, 3.05) is 0 Å². The fourth-order valence-electron chi connectivity index (χ4n) is 0.443. The molecule has 0 amide bonds. The number of halogens is 2. The monoisotopic (exact) mass is 223 g/mol. The van der Waals surface area contributed by atoms with Crippen molar-refractivity contribution in [2.45, 2.75) is 12.8 Å². The second-order valence-electron chi connectivity index (χ2n) is 1.56. The number of allylic oxidation sites excluding steroid dienone is 1. The first-order valence-corrected chi connectivity index (χ1v) is 3.74. The molecule has 0 nitrogen and oxygen atoms in total. The Balaban J connectivity index is 2.52. The maximum atomic E-state index is 3.33. The molecule has 0 aromatic rings. The topological polar surface area (TPSA) is 0 Å². The molecular weight excluding hydrogens is 220 g/mol. The number of hydrogen-bond acceptors (Lipinski definition) is 0. The Morgan fingerprint density at radius 2 is 2.00 bits per heavy atom. The highest BCUT2D eigenvalue weighted by atomic mass is 79.9. The molecule has 1 aliphatic rings. The van der Waals surface area contributed by atoms with Crippen molar-refractivity contribution in [1.82, 2.24) is 0 Å². The van der Waals surface area contributed by atoms with Gasteiger partial charge >= 0.3 is 0 Å². The van der Waals surface area contributed by atoms with E-state index < -0.39 is 0 Å². The van der Waals surface area contributed by atoms with E-state index in [1.807, 2.05) is 0 Å². The standard InChI is InChI=1S/C5H5Br2/c6-5(7)4-2-1-3-4/h1H,2-3H2. The molecule has 1 rings (SSSR count). The van der Waals surface area contributed by atoms with Gasteiger partial charge in [-0.1, -0.05) is 0 Å². The Morgan fingerprint density at radius 3 is 2.00 bits per heavy atom. The van der Waals surface area contributed by atoms with Crippen LogP contribution in [0.25, 0.3) is 0 Å². The van der Waals surface area contributed by atoms with Gasteiger partial charge in [-0.15, -0.1) is 0 Å². The van der Waals surface area contributed by atoms with Crippen LogP contribution in [0.4, 0.5) is 0 Å². The summed E-state index contributed by atoms with van der Waals surface area (Å²) in [6.45, 7) is 0. The zero-order valence-corrected chi connectivity index (χ0v) is 6.92. The first-order valence-electron chi connectivity index (χ1n) is 2.15. The lowest BCUT2D eigenvalue weighted by Gasteiger charge is -2.15. The van der Waals surface area contributed by atoms with Crippen LogP contribution in [-0.2, 0) is 0 Å². The average Bonchev–Trinajstić information content (AvgIpc) is 1.23. The first kappa shape index (κ1) is 5.83. The minimum atomic E-state index is 1.14. The van der Waals surface area contributed by atoms with Crippen molar-refractivity contribution in [3.8, 4) is 0 Å². The predicted octanol–water partition coefficient (Wildman–Crippen LogP) is 2.99. The lowest BCUT2D eigenvalue weighted by Crippen LogP contribution is -1.96. The van der Waals surface area contributed by atoms with Crippen LogP contribution in [0.5, 0.6) is 0 Å². The van der Waals surface area contributed by atoms with Gasteiger partial charge in [-0.3, -0.25) is 0 Å². The van der Waals surface area contributed by atoms with E-state index in [4.69, 9.17) is 0 Å². The minimum Gasteiger partial charge on any atom is -0.0484 e. The van der Waals surface area contributed by atoms with E-state index in [2.05, 4.69) is 38.3 Å². The lowest BCUT2D eigenvalue weighted by molar-refractivity contribution is 0.853. The minimum absolute atomic E-state index is 1.14. The van der Waals surface area contributed by atoms with E-state index >= 15 is 0 Å². The summed E-state index contributed by atoms with van der Waals surface area (Å²) in [6, 6.07) is 0. The number of rotatable bonds is 0. The van der Waals surface area contributed by atoms with Gasteiger partial charge in [-0.25, -0.2) is 0 Å². The maximum absolute atomic E-state index is 3.33. The molecule has 39 valence electrons. The summed E-state index contributed by atoms with van der Waals surface area (Å²) >= 11 is 6.65. The summed E-state index contributed by atoms with van der Waals surface area (Å²) in [6.07, 6.45) is 4.56. The smallest absolute Gasteiger partial charge is 0.0484 e. The van der Waals surface area contributed by atoms with Gasteiger partial charge in [0.15, 0.2) is 0 Å². The highest BCUT2D eigenvalue weighted by Crippen LogP contribution is 2.33. The zero-order valence-electron chi connectivity index (χ0n) is 3.75. The molecule has 0 aromatic heterocycles. The molecule has 0 aliphatic heterocycles. The van der Waals surface area contributed by atoms with Crippen molar-refractivity contribution in [3.05, 3.63) is 15.4 Å². The summed E-state index contributed by atoms with van der Waals surface area (Å²) < 4.78 is 1.14. The van der Waals surface area contributed by atoms with Gasteiger partial charge in [0.25, 0.3) is 0 Å². The molecule has 0 atom stereocenters. The quantitative estimate of drug-likeness (QED) is 0.594. The van der Waals surface area contributed by atoms with E-state index in [0.29, 0.717) is 0 Å². The summed E-state index contributed by atoms with van der Waals surface area (Å²) in [5, 5.41) is 0. The van der Waals surface area contributed by atoms with Crippen LogP contribution in [0.3, 0.4) is 0 Å². The molecule has 1 fully saturated rings. The Hall–Kier alpha value is 0.700. The van der Waals surface area contributed by atoms with Gasteiger partial charge in [-0.05, 0) is 56.7 Å². The van der Waals surface area contributed by atoms with Gasteiger partial charge in [0, 0.05) is 0 Å². The molecule has 0 bridgehead atoms. The molecular formula is C5H5Br2. The van der Waals surface area contributed by atoms with E-state index in [9.17, 15) is 0 Å². The van der Waals surface area contributed by atoms with Crippen molar-refractivity contribution in [1.29, 1.82) is 0 Å². The predicted molar refractivity (Wildman–Crippen MR) is 38.4 cm³/mol. The molecule has 0 saturated heterocycles. The van der Waals surface area contributed by atoms with Gasteiger partial charge in [0.2, 0.25) is 0 Å². The van der Waals surface area contributed by atoms with Crippen LogP contribution in [-0.4, -0.2) is 0 Å². The van der Waals surface area contributed by atoms with Crippen molar-refractivity contribution in [2.24, 2.45) is 0 Å². The fourth-order valence-corrected chi connectivity index (χ4v) is 1.09. The van der Waals surface area contributed by atoms with E-state index in [-0.39, 0.29) is 0 Å². The summed E-state index contributed by atoms with van der Waals surface area (Å²) in [7, 11) is 0. The SMILES string of the molecule is BrC(Br)=C1C[CH]C1. The number of hydrogen-bond donors (Lipinski definition) is 0. The van der Waals surface area contributed by atoms with Gasteiger partial charge in [-0.2, -0.15) is 0 Å². The Bertz CT molecular complexity index is 94.6. The lowest BCUT2D eigenvalue weighted by atomic mass is 9.95. The normalized spacial score (nSPS) is 18.9. The van der Waals surface area contributed by atoms with E-state index in [0.717, 1.165) is 16.2 Å². The molecule has 2 heteroatoms. The third kappa shape index (κ3) is 1.29. The van der Waals surface area contributed by atoms with Crippen LogP contribution in [0.1, 0.15) is 12.8 Å². The molecule has 1 saturated carbocycles. The zero-order chi connectivity index (χ0) is 5.28. The third-order valence-corrected chi connectivity index (χ3v) is 2.17. The maximum Gasteiger partial charge on any atom is 0.0596 e. The van der Waals surface area contributed by atoms with Gasteiger partial charge in [0.05, 0.1) is 3.39 Å². The molecule has 0 aromatic carbocycles. The summed E-state index contributed by atoms with van der Waals surface area (Å²) in [4.78, 5) is 0. The average molecular weight is 225 g/mol. The Morgan fingerprint density at radius 1 is 1.43 bits per heavy atom. The van der Waals surface area contributed by atoms with Crippen molar-refractivity contribution < 1.29 is 0 Å². The van der Waals surface area contributed by atoms with Gasteiger partial charge in [0.1, 0.15) is 0 Å². The second kappa shape index (κ2) is 2.31. The molecule has 7 heavy (non-hydrogen) atoms. The van der Waals surface area contributed by atoms with Crippen LogP contribution in [0.2, 0.25) is 0 Å². The second-order valence-corrected chi connectivity index (χ2v) is 4.21. The molecule has 0 heterocycles. The highest BCUT2D eigenvalue weighted by molar-refractivity contribution is 9.28. The molecule has 0 unspecified atom stereocenters. The van der Waals surface area contributed by atoms with E-state index in [1.165, 1.54) is 5.57 Å². The van der Waals surface area contributed by atoms with Gasteiger partial charge < -0.3 is 0 Å². The first-order chi connectivity index (χ1) is 3.30. The van der Waals surface area contributed by atoms with Crippen molar-refractivity contribution >= 4 is 31.9 Å². The van der Waals surface area contributed by atoms with Crippen LogP contribution < -0.4 is 0 Å². The Kier molecular flexibility index (Phi) is 1.93. The van der Waals surface area contributed by atoms with Crippen LogP contribution in [0.15, 0.2) is 8.96 Å². The van der Waals surface area contributed by atoms with E-state index in [1.54, 1.807) is 0 Å². The van der Waals surface area contributed by atoms with Crippen LogP contribution in [0, 0.1) is 6.42 Å². The highest BCUT2D eigenvalue weighted by Gasteiger charge is 2.10. The molecule has 1 radical (unpaired) electrons. The van der Waals surface area contributed by atoms with Crippen molar-refractivity contribution in [3.63, 3.8) is 0 Å². The molecule has 1 aliphatic carbocycles. The fraction of sp³-hybridized carbons (Fsp3) is 0.400.